The average molecular weight is 418 g/mol. The predicted octanol–water partition coefficient (Wildman–Crippen LogP) is 4.25. The second-order valence-corrected chi connectivity index (χ2v) is 9.10. The zero-order valence-electron chi connectivity index (χ0n) is 16.7. The van der Waals surface area contributed by atoms with Crippen LogP contribution in [0, 0.1) is 5.82 Å². The van der Waals surface area contributed by atoms with E-state index >= 15 is 0 Å². The van der Waals surface area contributed by atoms with Crippen LogP contribution in [0.25, 0.3) is 0 Å². The highest BCUT2D eigenvalue weighted by molar-refractivity contribution is 6.30. The van der Waals surface area contributed by atoms with Gasteiger partial charge in [0.1, 0.15) is 17.2 Å². The van der Waals surface area contributed by atoms with E-state index < -0.39 is 11.4 Å². The van der Waals surface area contributed by atoms with Crippen LogP contribution in [0.2, 0.25) is 5.02 Å². The van der Waals surface area contributed by atoms with E-state index in [0.29, 0.717) is 32.5 Å². The summed E-state index contributed by atoms with van der Waals surface area (Å²) in [6.07, 6.45) is 2.45. The molecule has 2 aromatic carbocycles. The molecule has 1 atom stereocenters. The first-order valence-electron chi connectivity index (χ1n) is 9.87. The van der Waals surface area contributed by atoms with E-state index in [0.717, 1.165) is 28.9 Å². The number of amides is 1. The second kappa shape index (κ2) is 7.62. The maximum atomic E-state index is 13.8. The Morgan fingerprint density at radius 3 is 2.62 bits per heavy atom. The number of halogens is 2. The number of hydrogen-bond acceptors (Lipinski definition) is 3. The maximum Gasteiger partial charge on any atom is 0.220 e. The van der Waals surface area contributed by atoms with Crippen LogP contribution in [0.3, 0.4) is 0 Å². The fraction of sp³-hybridized carbons (Fsp3) is 0.435. The molecule has 1 unspecified atom stereocenters. The molecule has 1 amide bonds. The van der Waals surface area contributed by atoms with Gasteiger partial charge in [0.05, 0.1) is 23.8 Å². The van der Waals surface area contributed by atoms with Crippen LogP contribution in [0.5, 0.6) is 5.75 Å². The van der Waals surface area contributed by atoms with E-state index in [2.05, 4.69) is 11.4 Å². The third kappa shape index (κ3) is 4.57. The zero-order valence-corrected chi connectivity index (χ0v) is 17.4. The molecular weight excluding hydrogens is 393 g/mol. The van der Waals surface area contributed by atoms with Crippen LogP contribution in [0.1, 0.15) is 37.0 Å². The number of nitrogens with one attached hydrogen (secondary N) is 1. The van der Waals surface area contributed by atoms with Crippen LogP contribution in [-0.4, -0.2) is 30.3 Å². The fourth-order valence-electron chi connectivity index (χ4n) is 4.05. The smallest absolute Gasteiger partial charge is 0.220 e. The molecule has 2 aromatic rings. The van der Waals surface area contributed by atoms with Gasteiger partial charge >= 0.3 is 0 Å². The Morgan fingerprint density at radius 1 is 1.17 bits per heavy atom. The van der Waals surface area contributed by atoms with Gasteiger partial charge in [0.25, 0.3) is 0 Å². The molecule has 29 heavy (non-hydrogen) atoms. The molecule has 1 saturated heterocycles. The van der Waals surface area contributed by atoms with Gasteiger partial charge in [-0.15, -0.1) is 0 Å². The molecule has 2 aliphatic rings. The first-order chi connectivity index (χ1) is 13.7. The Hall–Kier alpha value is -2.11. The summed E-state index contributed by atoms with van der Waals surface area (Å²) >= 11 is 5.78. The van der Waals surface area contributed by atoms with Crippen LogP contribution in [0.4, 0.5) is 4.39 Å². The summed E-state index contributed by atoms with van der Waals surface area (Å²) < 4.78 is 25.1. The van der Waals surface area contributed by atoms with Crippen molar-refractivity contribution in [3.63, 3.8) is 0 Å². The lowest BCUT2D eigenvalue weighted by atomic mass is 9.91. The standard InChI is InChI=1S/C23H25ClFNO3/c1-22(13-28-14-22)26-21(27)8-5-15-4-7-20-17(9-15)12-23(2,29-20)11-16-3-6-18(24)19(25)10-16/h3-4,6-7,9-10H,5,8,11-14H2,1-2H3,(H,26,27). The van der Waals surface area contributed by atoms with Gasteiger partial charge in [0.2, 0.25) is 5.91 Å². The summed E-state index contributed by atoms with van der Waals surface area (Å²) in [5.74, 6) is 0.488. The van der Waals surface area contributed by atoms with Crippen LogP contribution < -0.4 is 10.1 Å². The topological polar surface area (TPSA) is 47.6 Å². The van der Waals surface area contributed by atoms with Crippen molar-refractivity contribution in [1.29, 1.82) is 0 Å². The highest BCUT2D eigenvalue weighted by atomic mass is 35.5. The number of benzene rings is 2. The number of carbonyl (C=O) groups excluding carboxylic acids is 1. The molecule has 4 rings (SSSR count). The van der Waals surface area contributed by atoms with E-state index in [4.69, 9.17) is 21.1 Å². The van der Waals surface area contributed by atoms with Crippen molar-refractivity contribution in [2.24, 2.45) is 0 Å². The van der Waals surface area contributed by atoms with Crippen LogP contribution in [0.15, 0.2) is 36.4 Å². The highest BCUT2D eigenvalue weighted by Gasteiger charge is 2.36. The van der Waals surface area contributed by atoms with Crippen molar-refractivity contribution in [1.82, 2.24) is 5.32 Å². The molecule has 6 heteroatoms. The number of hydrogen-bond donors (Lipinski definition) is 1. The number of carbonyl (C=O) groups is 1. The predicted molar refractivity (Wildman–Crippen MR) is 110 cm³/mol. The number of fused-ring (bicyclic) bond motifs is 1. The van der Waals surface area contributed by atoms with Gasteiger partial charge in [-0.1, -0.05) is 29.8 Å². The highest BCUT2D eigenvalue weighted by Crippen LogP contribution is 2.38. The Labute approximate surface area is 175 Å². The summed E-state index contributed by atoms with van der Waals surface area (Å²) in [5, 5.41) is 3.16. The quantitative estimate of drug-likeness (QED) is 0.764. The van der Waals surface area contributed by atoms with E-state index in [1.54, 1.807) is 6.07 Å². The monoisotopic (exact) mass is 417 g/mol. The molecule has 2 heterocycles. The zero-order chi connectivity index (χ0) is 20.6. The van der Waals surface area contributed by atoms with Crippen molar-refractivity contribution in [2.45, 2.75) is 50.7 Å². The van der Waals surface area contributed by atoms with Crippen molar-refractivity contribution < 1.29 is 18.7 Å². The fourth-order valence-corrected chi connectivity index (χ4v) is 4.17. The number of aryl methyl sites for hydroxylation is 1. The molecule has 1 fully saturated rings. The minimum absolute atomic E-state index is 0.0437. The molecule has 1 N–H and O–H groups in total. The Kier molecular flexibility index (Phi) is 5.30. The van der Waals surface area contributed by atoms with E-state index in [1.807, 2.05) is 32.0 Å². The molecular formula is C23H25ClFNO3. The summed E-state index contributed by atoms with van der Waals surface area (Å²) in [6.45, 7) is 5.18. The van der Waals surface area contributed by atoms with Gasteiger partial charge in [0, 0.05) is 19.3 Å². The van der Waals surface area contributed by atoms with Gasteiger partial charge in [-0.05, 0) is 55.2 Å². The molecule has 0 saturated carbocycles. The summed E-state index contributed by atoms with van der Waals surface area (Å²) in [5.41, 5.74) is 2.44. The Balaban J connectivity index is 1.37. The molecule has 154 valence electrons. The Bertz CT molecular complexity index is 944. The van der Waals surface area contributed by atoms with Gasteiger partial charge in [-0.25, -0.2) is 4.39 Å². The third-order valence-corrected chi connectivity index (χ3v) is 5.84. The molecule has 0 radical (unpaired) electrons. The second-order valence-electron chi connectivity index (χ2n) is 8.70. The SMILES string of the molecule is CC1(NC(=O)CCc2ccc3c(c2)CC(C)(Cc2ccc(Cl)c(F)c2)O3)COC1. The van der Waals surface area contributed by atoms with Crippen molar-refractivity contribution in [3.8, 4) is 5.75 Å². The normalized spacial score (nSPS) is 21.8. The Morgan fingerprint density at radius 2 is 1.93 bits per heavy atom. The third-order valence-electron chi connectivity index (χ3n) is 5.53. The summed E-state index contributed by atoms with van der Waals surface area (Å²) in [6, 6.07) is 11.0. The lowest BCUT2D eigenvalue weighted by Crippen LogP contribution is -2.59. The number of ether oxygens (including phenoxy) is 2. The largest absolute Gasteiger partial charge is 0.487 e. The maximum absolute atomic E-state index is 13.8. The molecule has 0 bridgehead atoms. The molecule has 0 aromatic heterocycles. The van der Waals surface area contributed by atoms with E-state index in [9.17, 15) is 9.18 Å². The molecule has 0 aliphatic carbocycles. The minimum Gasteiger partial charge on any atom is -0.487 e. The van der Waals surface area contributed by atoms with Crippen LogP contribution >= 0.6 is 11.6 Å². The van der Waals surface area contributed by atoms with Crippen molar-refractivity contribution >= 4 is 17.5 Å². The summed E-state index contributed by atoms with van der Waals surface area (Å²) in [7, 11) is 0. The lowest BCUT2D eigenvalue weighted by Gasteiger charge is -2.38. The van der Waals surface area contributed by atoms with Crippen LogP contribution in [-0.2, 0) is 28.8 Å². The van der Waals surface area contributed by atoms with Crippen molar-refractivity contribution in [2.75, 3.05) is 13.2 Å². The first kappa shape index (κ1) is 20.2. The number of rotatable bonds is 6. The summed E-state index contributed by atoms with van der Waals surface area (Å²) in [4.78, 5) is 12.2. The van der Waals surface area contributed by atoms with Gasteiger partial charge in [-0.3, -0.25) is 4.79 Å². The molecule has 4 nitrogen and oxygen atoms in total. The van der Waals surface area contributed by atoms with Gasteiger partial charge < -0.3 is 14.8 Å². The van der Waals surface area contributed by atoms with Crippen molar-refractivity contribution in [3.05, 3.63) is 63.9 Å². The molecule has 0 spiro atoms. The van der Waals surface area contributed by atoms with Gasteiger partial charge in [-0.2, -0.15) is 0 Å². The van der Waals surface area contributed by atoms with Gasteiger partial charge in [0.15, 0.2) is 0 Å². The average Bonchev–Trinajstić information content (AvgIpc) is 2.96. The van der Waals surface area contributed by atoms with E-state index in [-0.39, 0.29) is 16.5 Å². The minimum atomic E-state index is -0.433. The molecule has 2 aliphatic heterocycles. The first-order valence-corrected chi connectivity index (χ1v) is 10.3. The van der Waals surface area contributed by atoms with E-state index in [1.165, 1.54) is 6.07 Å². The lowest BCUT2D eigenvalue weighted by molar-refractivity contribution is -0.131.